The number of carbonyl (C=O) groups excluding carboxylic acids is 3. The van der Waals surface area contributed by atoms with Crippen molar-refractivity contribution in [3.63, 3.8) is 0 Å². The second-order valence-electron chi connectivity index (χ2n) is 7.05. The lowest BCUT2D eigenvalue weighted by Gasteiger charge is -2.24. The summed E-state index contributed by atoms with van der Waals surface area (Å²) in [5.74, 6) is -2.98. The van der Waals surface area contributed by atoms with Crippen LogP contribution in [-0.2, 0) is 19.2 Å². The van der Waals surface area contributed by atoms with Crippen molar-refractivity contribution in [1.29, 1.82) is 0 Å². The molecular formula is C18H36N6O5S. The minimum Gasteiger partial charge on any atom is -0.480 e. The minimum atomic E-state index is -1.21. The van der Waals surface area contributed by atoms with E-state index in [0.29, 0.717) is 45.2 Å². The van der Waals surface area contributed by atoms with Crippen LogP contribution in [0.3, 0.4) is 0 Å². The number of hydrogen-bond donors (Lipinski definition) is 8. The molecule has 4 unspecified atom stereocenters. The molecule has 0 aliphatic rings. The average Bonchev–Trinajstić information content (AvgIpc) is 2.70. The van der Waals surface area contributed by atoms with E-state index in [9.17, 15) is 19.2 Å². The van der Waals surface area contributed by atoms with E-state index in [1.165, 1.54) is 6.92 Å². The SMILES string of the molecule is CC(NC(=O)C(CS)NC(=O)C(CCCCN)NC(=O)C(N)CCCCN)C(=O)O. The van der Waals surface area contributed by atoms with Crippen molar-refractivity contribution in [2.75, 3.05) is 18.8 Å². The summed E-state index contributed by atoms with van der Waals surface area (Å²) in [4.78, 5) is 48.2. The Labute approximate surface area is 182 Å². The quantitative estimate of drug-likeness (QED) is 0.0983. The number of nitrogens with one attached hydrogen (secondary N) is 3. The molecule has 0 heterocycles. The lowest BCUT2D eigenvalue weighted by molar-refractivity contribution is -0.141. The Morgan fingerprint density at radius 2 is 1.33 bits per heavy atom. The van der Waals surface area contributed by atoms with E-state index in [1.807, 2.05) is 0 Å². The Morgan fingerprint density at radius 3 is 1.83 bits per heavy atom. The number of carboxylic acids is 1. The van der Waals surface area contributed by atoms with Gasteiger partial charge >= 0.3 is 5.97 Å². The molecule has 10 N–H and O–H groups in total. The molecule has 0 aromatic carbocycles. The Balaban J connectivity index is 5.02. The molecule has 174 valence electrons. The first-order chi connectivity index (χ1) is 14.2. The first kappa shape index (κ1) is 28.1. The van der Waals surface area contributed by atoms with Crippen LogP contribution in [0, 0.1) is 0 Å². The van der Waals surface area contributed by atoms with Crippen molar-refractivity contribution in [2.45, 2.75) is 69.6 Å². The highest BCUT2D eigenvalue weighted by Gasteiger charge is 2.28. The summed E-state index contributed by atoms with van der Waals surface area (Å²) >= 11 is 4.05. The zero-order valence-electron chi connectivity index (χ0n) is 17.4. The van der Waals surface area contributed by atoms with Crippen LogP contribution in [-0.4, -0.2) is 71.8 Å². The standard InChI is InChI=1S/C18H36N6O5S/c1-11(18(28)29)22-17(27)14(10-30)24-16(26)13(7-3-5-9-20)23-15(25)12(21)6-2-4-8-19/h11-14,30H,2-10,19-21H2,1H3,(H,22,27)(H,23,25)(H,24,26)(H,28,29). The number of aliphatic carboxylic acids is 1. The molecule has 0 aliphatic carbocycles. The monoisotopic (exact) mass is 448 g/mol. The van der Waals surface area contributed by atoms with E-state index >= 15 is 0 Å². The zero-order valence-corrected chi connectivity index (χ0v) is 18.3. The third kappa shape index (κ3) is 11.3. The molecule has 30 heavy (non-hydrogen) atoms. The molecule has 0 saturated heterocycles. The van der Waals surface area contributed by atoms with Crippen molar-refractivity contribution in [3.8, 4) is 0 Å². The zero-order chi connectivity index (χ0) is 23.1. The largest absolute Gasteiger partial charge is 0.480 e. The summed E-state index contributed by atoms with van der Waals surface area (Å²) in [6, 6.07) is -3.86. The van der Waals surface area contributed by atoms with E-state index < -0.39 is 47.9 Å². The first-order valence-corrected chi connectivity index (χ1v) is 10.7. The number of carbonyl (C=O) groups is 4. The number of nitrogens with two attached hydrogens (primary N) is 3. The van der Waals surface area contributed by atoms with Crippen LogP contribution in [0.5, 0.6) is 0 Å². The summed E-state index contributed by atoms with van der Waals surface area (Å²) in [7, 11) is 0. The van der Waals surface area contributed by atoms with E-state index in [-0.39, 0.29) is 5.75 Å². The van der Waals surface area contributed by atoms with Gasteiger partial charge in [-0.2, -0.15) is 12.6 Å². The topological polar surface area (TPSA) is 203 Å². The molecule has 4 atom stereocenters. The number of rotatable bonds is 16. The Morgan fingerprint density at radius 1 is 0.833 bits per heavy atom. The molecule has 0 saturated carbocycles. The summed E-state index contributed by atoms with van der Waals surface area (Å²) in [6.07, 6.45) is 3.44. The fourth-order valence-corrected chi connectivity index (χ4v) is 2.78. The highest BCUT2D eigenvalue weighted by molar-refractivity contribution is 7.80. The van der Waals surface area contributed by atoms with Gasteiger partial charge in [-0.15, -0.1) is 0 Å². The Bertz CT molecular complexity index is 565. The number of carboxylic acid groups (broad SMARTS) is 1. The van der Waals surface area contributed by atoms with E-state index in [2.05, 4.69) is 28.6 Å². The van der Waals surface area contributed by atoms with Crippen molar-refractivity contribution in [3.05, 3.63) is 0 Å². The van der Waals surface area contributed by atoms with Crippen molar-refractivity contribution in [2.24, 2.45) is 17.2 Å². The molecule has 0 aliphatic heterocycles. The average molecular weight is 449 g/mol. The van der Waals surface area contributed by atoms with E-state index in [4.69, 9.17) is 22.3 Å². The molecule has 12 heteroatoms. The van der Waals surface area contributed by atoms with Crippen LogP contribution in [0.1, 0.15) is 45.4 Å². The van der Waals surface area contributed by atoms with Crippen LogP contribution in [0.4, 0.5) is 0 Å². The van der Waals surface area contributed by atoms with Crippen molar-refractivity contribution >= 4 is 36.3 Å². The lowest BCUT2D eigenvalue weighted by Crippen LogP contribution is -2.57. The van der Waals surface area contributed by atoms with Gasteiger partial charge in [-0.05, 0) is 52.1 Å². The third-order valence-electron chi connectivity index (χ3n) is 4.43. The number of amides is 3. The van der Waals surface area contributed by atoms with Gasteiger partial charge in [0, 0.05) is 5.75 Å². The molecule has 0 aromatic rings. The summed E-state index contributed by atoms with van der Waals surface area (Å²) in [6.45, 7) is 2.25. The van der Waals surface area contributed by atoms with Gasteiger partial charge in [0.1, 0.15) is 18.1 Å². The van der Waals surface area contributed by atoms with Gasteiger partial charge in [-0.1, -0.05) is 6.42 Å². The van der Waals surface area contributed by atoms with E-state index in [1.54, 1.807) is 0 Å². The predicted molar refractivity (Wildman–Crippen MR) is 117 cm³/mol. The van der Waals surface area contributed by atoms with Gasteiger partial charge in [0.15, 0.2) is 0 Å². The first-order valence-electron chi connectivity index (χ1n) is 10.1. The van der Waals surface area contributed by atoms with Crippen molar-refractivity contribution < 1.29 is 24.3 Å². The minimum absolute atomic E-state index is 0.0496. The van der Waals surface area contributed by atoms with E-state index in [0.717, 1.165) is 6.42 Å². The molecular weight excluding hydrogens is 412 g/mol. The highest BCUT2D eigenvalue weighted by Crippen LogP contribution is 2.05. The third-order valence-corrected chi connectivity index (χ3v) is 4.80. The number of hydrogen-bond acceptors (Lipinski definition) is 8. The smallest absolute Gasteiger partial charge is 0.325 e. The van der Waals surface area contributed by atoms with Gasteiger partial charge in [-0.25, -0.2) is 0 Å². The molecule has 3 amide bonds. The van der Waals surface area contributed by atoms with Crippen LogP contribution in [0.2, 0.25) is 0 Å². The molecule has 0 bridgehead atoms. The lowest BCUT2D eigenvalue weighted by atomic mass is 10.1. The van der Waals surface area contributed by atoms with Crippen LogP contribution >= 0.6 is 12.6 Å². The fraction of sp³-hybridized carbons (Fsp3) is 0.778. The van der Waals surface area contributed by atoms with Crippen LogP contribution in [0.15, 0.2) is 0 Å². The maximum absolute atomic E-state index is 12.7. The van der Waals surface area contributed by atoms with Gasteiger partial charge in [0.05, 0.1) is 6.04 Å². The number of thiol groups is 1. The van der Waals surface area contributed by atoms with Crippen LogP contribution < -0.4 is 33.2 Å². The van der Waals surface area contributed by atoms with Gasteiger partial charge in [0.2, 0.25) is 17.7 Å². The number of unbranched alkanes of at least 4 members (excludes halogenated alkanes) is 2. The second kappa shape index (κ2) is 15.9. The summed E-state index contributed by atoms with van der Waals surface area (Å²) in [5.41, 5.74) is 16.8. The fourth-order valence-electron chi connectivity index (χ4n) is 2.52. The van der Waals surface area contributed by atoms with Crippen LogP contribution in [0.25, 0.3) is 0 Å². The maximum Gasteiger partial charge on any atom is 0.325 e. The molecule has 0 rings (SSSR count). The van der Waals surface area contributed by atoms with Gasteiger partial charge in [0.25, 0.3) is 0 Å². The molecule has 0 radical (unpaired) electrons. The maximum atomic E-state index is 12.7. The van der Waals surface area contributed by atoms with Gasteiger partial charge in [-0.3, -0.25) is 19.2 Å². The Kier molecular flexibility index (Phi) is 14.9. The summed E-state index contributed by atoms with van der Waals surface area (Å²) in [5, 5.41) is 16.3. The molecule has 0 aromatic heterocycles. The van der Waals surface area contributed by atoms with Crippen molar-refractivity contribution in [1.82, 2.24) is 16.0 Å². The molecule has 11 nitrogen and oxygen atoms in total. The highest BCUT2D eigenvalue weighted by atomic mass is 32.1. The Hall–Kier alpha value is -1.89. The molecule has 0 fully saturated rings. The predicted octanol–water partition coefficient (Wildman–Crippen LogP) is -1.94. The summed E-state index contributed by atoms with van der Waals surface area (Å²) < 4.78 is 0. The van der Waals surface area contributed by atoms with Gasteiger partial charge < -0.3 is 38.3 Å². The second-order valence-corrected chi connectivity index (χ2v) is 7.41. The molecule has 0 spiro atoms. The normalized spacial score (nSPS) is 14.8.